The van der Waals surface area contributed by atoms with Gasteiger partial charge in [0.25, 0.3) is 0 Å². The molecule has 1 aromatic rings. The molecular formula is C20H29NO3. The summed E-state index contributed by atoms with van der Waals surface area (Å²) < 4.78 is 5.31. The third-order valence-corrected chi connectivity index (χ3v) is 5.45. The number of nitrogens with one attached hydrogen (secondary N) is 1. The fourth-order valence-corrected chi connectivity index (χ4v) is 3.58. The Morgan fingerprint density at radius 2 is 1.92 bits per heavy atom. The van der Waals surface area contributed by atoms with Gasteiger partial charge in [-0.2, -0.15) is 0 Å². The average molecular weight is 331 g/mol. The monoisotopic (exact) mass is 331 g/mol. The molecule has 4 heteroatoms. The molecule has 4 nitrogen and oxygen atoms in total. The first-order valence-electron chi connectivity index (χ1n) is 9.19. The lowest BCUT2D eigenvalue weighted by atomic mass is 9.94. The molecule has 0 radical (unpaired) electrons. The smallest absolute Gasteiger partial charge is 0.223 e. The first-order chi connectivity index (χ1) is 11.6. The summed E-state index contributed by atoms with van der Waals surface area (Å²) in [7, 11) is 0. The van der Waals surface area contributed by atoms with E-state index in [9.17, 15) is 9.90 Å². The molecule has 2 N–H and O–H groups in total. The van der Waals surface area contributed by atoms with E-state index in [0.717, 1.165) is 19.3 Å². The van der Waals surface area contributed by atoms with Crippen LogP contribution in [0.4, 0.5) is 0 Å². The molecule has 2 fully saturated rings. The van der Waals surface area contributed by atoms with Crippen molar-refractivity contribution in [3.8, 4) is 0 Å². The van der Waals surface area contributed by atoms with Crippen LogP contribution in [-0.4, -0.2) is 36.9 Å². The largest absolute Gasteiger partial charge is 0.391 e. The Balaban J connectivity index is 1.45. The number of aliphatic hydroxyl groups excluding tert-OH is 1. The summed E-state index contributed by atoms with van der Waals surface area (Å²) in [6.07, 6.45) is 2.22. The van der Waals surface area contributed by atoms with E-state index in [0.29, 0.717) is 31.6 Å². The Morgan fingerprint density at radius 1 is 1.25 bits per heavy atom. The minimum atomic E-state index is -0.458. The first kappa shape index (κ1) is 17.4. The number of rotatable bonds is 6. The highest BCUT2D eigenvalue weighted by atomic mass is 16.5. The van der Waals surface area contributed by atoms with E-state index in [4.69, 9.17) is 4.74 Å². The fraction of sp³-hybridized carbons (Fsp3) is 0.650. The first-order valence-corrected chi connectivity index (χ1v) is 9.19. The van der Waals surface area contributed by atoms with Gasteiger partial charge in [0.15, 0.2) is 0 Å². The second-order valence-electron chi connectivity index (χ2n) is 7.53. The van der Waals surface area contributed by atoms with Crippen LogP contribution in [0.3, 0.4) is 0 Å². The lowest BCUT2D eigenvalue weighted by Gasteiger charge is -2.26. The number of ether oxygens (including phenoxy) is 1. The lowest BCUT2D eigenvalue weighted by molar-refractivity contribution is -0.123. The predicted octanol–water partition coefficient (Wildman–Crippen LogP) is 2.82. The average Bonchev–Trinajstić information content (AvgIpc) is 3.41. The Morgan fingerprint density at radius 3 is 2.54 bits per heavy atom. The molecule has 3 rings (SSSR count). The maximum atomic E-state index is 12.3. The second-order valence-corrected chi connectivity index (χ2v) is 7.53. The van der Waals surface area contributed by atoms with E-state index in [1.54, 1.807) is 0 Å². The van der Waals surface area contributed by atoms with Gasteiger partial charge in [0.2, 0.25) is 5.91 Å². The highest BCUT2D eigenvalue weighted by Crippen LogP contribution is 2.47. The number of carbonyl (C=O) groups is 1. The zero-order valence-corrected chi connectivity index (χ0v) is 14.7. The van der Waals surface area contributed by atoms with Gasteiger partial charge in [-0.15, -0.1) is 0 Å². The summed E-state index contributed by atoms with van der Waals surface area (Å²) in [4.78, 5) is 12.3. The summed E-state index contributed by atoms with van der Waals surface area (Å²) in [5.41, 5.74) is 2.59. The van der Waals surface area contributed by atoms with Gasteiger partial charge in [0.1, 0.15) is 0 Å². The van der Waals surface area contributed by atoms with Gasteiger partial charge in [-0.1, -0.05) is 38.1 Å². The molecule has 0 unspecified atom stereocenters. The molecule has 1 aromatic carbocycles. The number of hydrogen-bond acceptors (Lipinski definition) is 3. The fourth-order valence-electron chi connectivity index (χ4n) is 3.58. The van der Waals surface area contributed by atoms with Gasteiger partial charge in [-0.25, -0.2) is 0 Å². The maximum absolute atomic E-state index is 12.3. The van der Waals surface area contributed by atoms with Crippen molar-refractivity contribution in [3.63, 3.8) is 0 Å². The molecule has 0 aromatic heterocycles. The van der Waals surface area contributed by atoms with E-state index < -0.39 is 6.10 Å². The zero-order valence-electron chi connectivity index (χ0n) is 14.7. The molecule has 132 valence electrons. The van der Waals surface area contributed by atoms with E-state index >= 15 is 0 Å². The molecular weight excluding hydrogens is 302 g/mol. The van der Waals surface area contributed by atoms with Crippen LogP contribution in [0.25, 0.3) is 0 Å². The molecule has 0 spiro atoms. The van der Waals surface area contributed by atoms with Crippen LogP contribution in [0.1, 0.15) is 56.1 Å². The minimum absolute atomic E-state index is 0.0665. The van der Waals surface area contributed by atoms with Gasteiger partial charge >= 0.3 is 0 Å². The van der Waals surface area contributed by atoms with E-state index in [2.05, 4.69) is 43.4 Å². The topological polar surface area (TPSA) is 58.6 Å². The molecule has 1 aliphatic carbocycles. The minimum Gasteiger partial charge on any atom is -0.391 e. The summed E-state index contributed by atoms with van der Waals surface area (Å²) in [5.74, 6) is 1.27. The third kappa shape index (κ3) is 4.17. The number of hydrogen-bond donors (Lipinski definition) is 2. The number of benzene rings is 1. The van der Waals surface area contributed by atoms with E-state index in [1.165, 1.54) is 11.1 Å². The van der Waals surface area contributed by atoms with Crippen molar-refractivity contribution in [1.29, 1.82) is 0 Å². The molecule has 0 bridgehead atoms. The Kier molecular flexibility index (Phi) is 5.57. The molecule has 1 saturated heterocycles. The zero-order chi connectivity index (χ0) is 17.1. The van der Waals surface area contributed by atoms with Crippen LogP contribution in [0.5, 0.6) is 0 Å². The van der Waals surface area contributed by atoms with E-state index in [1.807, 2.05) is 0 Å². The molecule has 1 heterocycles. The maximum Gasteiger partial charge on any atom is 0.223 e. The van der Waals surface area contributed by atoms with Crippen LogP contribution >= 0.6 is 0 Å². The van der Waals surface area contributed by atoms with Crippen molar-refractivity contribution >= 4 is 5.91 Å². The third-order valence-electron chi connectivity index (χ3n) is 5.45. The van der Waals surface area contributed by atoms with Crippen molar-refractivity contribution in [2.45, 2.75) is 51.0 Å². The lowest BCUT2D eigenvalue weighted by Crippen LogP contribution is -2.39. The standard InChI is InChI=1S/C20H29NO3/c1-13(2)14-3-5-15(6-4-14)17-11-18(17)20(23)21-12-19(22)16-7-9-24-10-8-16/h3-6,13,16-19,22H,7-12H2,1-2H3,(H,21,23)/t17-,18-,19-/m0/s1. The summed E-state index contributed by atoms with van der Waals surface area (Å²) in [6, 6.07) is 8.65. The summed E-state index contributed by atoms with van der Waals surface area (Å²) in [5, 5.41) is 13.2. The number of carbonyl (C=O) groups excluding carboxylic acids is 1. The Bertz CT molecular complexity index is 549. The van der Waals surface area contributed by atoms with Crippen molar-refractivity contribution in [3.05, 3.63) is 35.4 Å². The van der Waals surface area contributed by atoms with Crippen molar-refractivity contribution < 1.29 is 14.6 Å². The highest BCUT2D eigenvalue weighted by Gasteiger charge is 2.43. The summed E-state index contributed by atoms with van der Waals surface area (Å²) >= 11 is 0. The Labute approximate surface area is 144 Å². The highest BCUT2D eigenvalue weighted by molar-refractivity contribution is 5.82. The van der Waals surface area contributed by atoms with E-state index in [-0.39, 0.29) is 17.7 Å². The number of aliphatic hydroxyl groups is 1. The van der Waals surface area contributed by atoms with Crippen LogP contribution in [0.15, 0.2) is 24.3 Å². The molecule has 3 atom stereocenters. The summed E-state index contributed by atoms with van der Waals surface area (Å²) in [6.45, 7) is 6.16. The quantitative estimate of drug-likeness (QED) is 0.843. The van der Waals surface area contributed by atoms with Crippen LogP contribution in [0.2, 0.25) is 0 Å². The van der Waals surface area contributed by atoms with Gasteiger partial charge in [-0.3, -0.25) is 4.79 Å². The molecule has 1 amide bonds. The van der Waals surface area contributed by atoms with Crippen molar-refractivity contribution in [1.82, 2.24) is 5.32 Å². The van der Waals surface area contributed by atoms with Crippen molar-refractivity contribution in [2.75, 3.05) is 19.8 Å². The predicted molar refractivity (Wildman–Crippen MR) is 93.9 cm³/mol. The molecule has 1 aliphatic heterocycles. The van der Waals surface area contributed by atoms with Gasteiger partial charge in [0.05, 0.1) is 6.10 Å². The van der Waals surface area contributed by atoms with Crippen LogP contribution in [0, 0.1) is 11.8 Å². The normalized spacial score (nSPS) is 25.5. The molecule has 2 aliphatic rings. The van der Waals surface area contributed by atoms with Gasteiger partial charge < -0.3 is 15.2 Å². The van der Waals surface area contributed by atoms with Crippen LogP contribution in [-0.2, 0) is 9.53 Å². The Hall–Kier alpha value is -1.39. The van der Waals surface area contributed by atoms with Crippen molar-refractivity contribution in [2.24, 2.45) is 11.8 Å². The van der Waals surface area contributed by atoms with Gasteiger partial charge in [0, 0.05) is 25.7 Å². The SMILES string of the molecule is CC(C)c1ccc([C@@H]2C[C@@H]2C(=O)NC[C@H](O)C2CCOCC2)cc1. The second kappa shape index (κ2) is 7.66. The van der Waals surface area contributed by atoms with Gasteiger partial charge in [-0.05, 0) is 48.1 Å². The van der Waals surface area contributed by atoms with Crippen LogP contribution < -0.4 is 5.32 Å². The molecule has 24 heavy (non-hydrogen) atoms. The molecule has 1 saturated carbocycles. The number of amides is 1.